The molecule has 4 nitrogen and oxygen atoms in total. The van der Waals surface area contributed by atoms with Crippen LogP contribution in [0.2, 0.25) is 0 Å². The van der Waals surface area contributed by atoms with Crippen molar-refractivity contribution in [2.75, 3.05) is 36.0 Å². The van der Waals surface area contributed by atoms with Crippen molar-refractivity contribution < 1.29 is 4.79 Å². The summed E-state index contributed by atoms with van der Waals surface area (Å²) >= 11 is 0. The van der Waals surface area contributed by atoms with Gasteiger partial charge >= 0.3 is 0 Å². The van der Waals surface area contributed by atoms with Crippen LogP contribution in [0, 0.1) is 5.92 Å². The Morgan fingerprint density at radius 1 is 1.21 bits per heavy atom. The zero-order valence-corrected chi connectivity index (χ0v) is 11.2. The molecule has 0 unspecified atom stereocenters. The molecule has 2 aliphatic rings. The normalized spacial score (nSPS) is 18.4. The zero-order valence-electron chi connectivity index (χ0n) is 11.2. The Balaban J connectivity index is 1.84. The van der Waals surface area contributed by atoms with Gasteiger partial charge in [-0.1, -0.05) is 12.1 Å². The van der Waals surface area contributed by atoms with Crippen LogP contribution in [0.5, 0.6) is 0 Å². The lowest BCUT2D eigenvalue weighted by Gasteiger charge is -2.38. The lowest BCUT2D eigenvalue weighted by atomic mass is 10.1. The van der Waals surface area contributed by atoms with E-state index in [4.69, 9.17) is 5.73 Å². The average Bonchev–Trinajstić information content (AvgIpc) is 3.23. The molecule has 1 aromatic rings. The Morgan fingerprint density at radius 3 is 2.63 bits per heavy atom. The summed E-state index contributed by atoms with van der Waals surface area (Å²) in [4.78, 5) is 16.5. The number of carbonyl (C=O) groups excluding carboxylic acids is 1. The Labute approximate surface area is 114 Å². The first-order valence-electron chi connectivity index (χ1n) is 7.14. The predicted molar refractivity (Wildman–Crippen MR) is 77.4 cm³/mol. The molecule has 3 rings (SSSR count). The highest BCUT2D eigenvalue weighted by atomic mass is 16.2. The number of nitrogens with two attached hydrogens (primary N) is 1. The Kier molecular flexibility index (Phi) is 3.42. The minimum Gasteiger partial charge on any atom is -0.368 e. The van der Waals surface area contributed by atoms with Crippen molar-refractivity contribution in [3.05, 3.63) is 24.3 Å². The fourth-order valence-electron chi connectivity index (χ4n) is 2.74. The number of para-hydroxylation sites is 2. The molecule has 0 atom stereocenters. The van der Waals surface area contributed by atoms with Crippen molar-refractivity contribution in [2.45, 2.75) is 19.3 Å². The molecule has 1 saturated carbocycles. The molecular formula is C15H21N3O. The number of benzene rings is 1. The maximum Gasteiger partial charge on any atom is 0.228 e. The van der Waals surface area contributed by atoms with Gasteiger partial charge in [0.15, 0.2) is 0 Å². The van der Waals surface area contributed by atoms with Crippen molar-refractivity contribution >= 4 is 17.3 Å². The van der Waals surface area contributed by atoms with Crippen LogP contribution in [-0.4, -0.2) is 32.1 Å². The summed E-state index contributed by atoms with van der Waals surface area (Å²) in [6.07, 6.45) is 3.14. The van der Waals surface area contributed by atoms with E-state index in [1.807, 2.05) is 17.0 Å². The third kappa shape index (κ3) is 2.59. The summed E-state index contributed by atoms with van der Waals surface area (Å²) in [5, 5.41) is 0. The molecule has 1 fully saturated rings. The average molecular weight is 259 g/mol. The van der Waals surface area contributed by atoms with E-state index in [9.17, 15) is 4.79 Å². The largest absolute Gasteiger partial charge is 0.368 e. The molecule has 0 spiro atoms. The summed E-state index contributed by atoms with van der Waals surface area (Å²) in [5.41, 5.74) is 7.75. The molecular weight excluding hydrogens is 238 g/mol. The van der Waals surface area contributed by atoms with E-state index >= 15 is 0 Å². The summed E-state index contributed by atoms with van der Waals surface area (Å²) < 4.78 is 0. The standard InChI is InChI=1S/C15H21N3O/c16-8-7-15(19)18-10-9-17(11-12-5-6-12)13-3-1-2-4-14(13)18/h1-4,12H,5-11,16H2. The number of fused-ring (bicyclic) bond motifs is 1. The van der Waals surface area contributed by atoms with Gasteiger partial charge in [-0.25, -0.2) is 0 Å². The van der Waals surface area contributed by atoms with Gasteiger partial charge < -0.3 is 15.5 Å². The van der Waals surface area contributed by atoms with E-state index in [0.29, 0.717) is 13.0 Å². The van der Waals surface area contributed by atoms with E-state index in [1.165, 1.54) is 18.5 Å². The van der Waals surface area contributed by atoms with Gasteiger partial charge in [0.1, 0.15) is 0 Å². The highest BCUT2D eigenvalue weighted by Crippen LogP contribution is 2.37. The summed E-state index contributed by atoms with van der Waals surface area (Å²) in [5.74, 6) is 1.00. The van der Waals surface area contributed by atoms with Crippen LogP contribution in [-0.2, 0) is 4.79 Å². The van der Waals surface area contributed by atoms with Crippen molar-refractivity contribution in [1.29, 1.82) is 0 Å². The van der Waals surface area contributed by atoms with Crippen molar-refractivity contribution in [3.8, 4) is 0 Å². The molecule has 19 heavy (non-hydrogen) atoms. The second-order valence-corrected chi connectivity index (χ2v) is 5.46. The van der Waals surface area contributed by atoms with Gasteiger partial charge in [0.05, 0.1) is 11.4 Å². The van der Waals surface area contributed by atoms with E-state index < -0.39 is 0 Å². The van der Waals surface area contributed by atoms with Gasteiger partial charge in [-0.05, 0) is 30.9 Å². The fourth-order valence-corrected chi connectivity index (χ4v) is 2.74. The molecule has 0 aromatic heterocycles. The molecule has 0 saturated heterocycles. The van der Waals surface area contributed by atoms with Gasteiger partial charge in [0.2, 0.25) is 5.91 Å². The van der Waals surface area contributed by atoms with E-state index in [1.54, 1.807) is 0 Å². The predicted octanol–water partition coefficient (Wildman–Crippen LogP) is 1.60. The Morgan fingerprint density at radius 2 is 1.95 bits per heavy atom. The Bertz CT molecular complexity index is 470. The minimum absolute atomic E-state index is 0.140. The van der Waals surface area contributed by atoms with Crippen LogP contribution < -0.4 is 15.5 Å². The molecule has 1 heterocycles. The number of hydrogen-bond acceptors (Lipinski definition) is 3. The first-order chi connectivity index (χ1) is 9.29. The maximum absolute atomic E-state index is 12.1. The second kappa shape index (κ2) is 5.21. The number of nitrogens with zero attached hydrogens (tertiary/aromatic N) is 2. The van der Waals surface area contributed by atoms with Crippen LogP contribution >= 0.6 is 0 Å². The van der Waals surface area contributed by atoms with Gasteiger partial charge in [-0.2, -0.15) is 0 Å². The molecule has 0 bridgehead atoms. The van der Waals surface area contributed by atoms with Crippen LogP contribution in [0.1, 0.15) is 19.3 Å². The molecule has 102 valence electrons. The van der Waals surface area contributed by atoms with Gasteiger partial charge in [-0.15, -0.1) is 0 Å². The van der Waals surface area contributed by atoms with Gasteiger partial charge in [-0.3, -0.25) is 4.79 Å². The van der Waals surface area contributed by atoms with E-state index in [0.717, 1.165) is 31.2 Å². The first-order valence-corrected chi connectivity index (χ1v) is 7.14. The molecule has 1 aromatic carbocycles. The van der Waals surface area contributed by atoms with E-state index in [2.05, 4.69) is 17.0 Å². The molecule has 4 heteroatoms. The molecule has 1 amide bonds. The lowest BCUT2D eigenvalue weighted by molar-refractivity contribution is -0.118. The number of hydrogen-bond donors (Lipinski definition) is 1. The van der Waals surface area contributed by atoms with Crippen molar-refractivity contribution in [1.82, 2.24) is 0 Å². The fraction of sp³-hybridized carbons (Fsp3) is 0.533. The monoisotopic (exact) mass is 259 g/mol. The summed E-state index contributed by atoms with van der Waals surface area (Å²) in [6, 6.07) is 8.22. The molecule has 1 aliphatic carbocycles. The van der Waals surface area contributed by atoms with Gasteiger partial charge in [0.25, 0.3) is 0 Å². The number of anilines is 2. The maximum atomic E-state index is 12.1. The minimum atomic E-state index is 0.140. The van der Waals surface area contributed by atoms with Crippen LogP contribution in [0.25, 0.3) is 0 Å². The third-order valence-corrected chi connectivity index (χ3v) is 3.94. The van der Waals surface area contributed by atoms with Gasteiger partial charge in [0, 0.05) is 32.6 Å². The second-order valence-electron chi connectivity index (χ2n) is 5.46. The summed E-state index contributed by atoms with van der Waals surface area (Å²) in [6.45, 7) is 3.27. The quantitative estimate of drug-likeness (QED) is 0.893. The summed E-state index contributed by atoms with van der Waals surface area (Å²) in [7, 11) is 0. The topological polar surface area (TPSA) is 49.6 Å². The lowest BCUT2D eigenvalue weighted by Crippen LogP contribution is -2.45. The highest BCUT2D eigenvalue weighted by Gasteiger charge is 2.30. The first kappa shape index (κ1) is 12.5. The highest BCUT2D eigenvalue weighted by molar-refractivity contribution is 5.97. The van der Waals surface area contributed by atoms with E-state index in [-0.39, 0.29) is 5.91 Å². The number of amides is 1. The molecule has 1 aliphatic heterocycles. The van der Waals surface area contributed by atoms with Crippen molar-refractivity contribution in [2.24, 2.45) is 11.7 Å². The van der Waals surface area contributed by atoms with Crippen LogP contribution in [0.4, 0.5) is 11.4 Å². The van der Waals surface area contributed by atoms with Crippen molar-refractivity contribution in [3.63, 3.8) is 0 Å². The number of carbonyl (C=O) groups is 1. The zero-order chi connectivity index (χ0) is 13.2. The van der Waals surface area contributed by atoms with Crippen LogP contribution in [0.3, 0.4) is 0 Å². The number of rotatable bonds is 4. The Hall–Kier alpha value is -1.55. The van der Waals surface area contributed by atoms with Crippen LogP contribution in [0.15, 0.2) is 24.3 Å². The third-order valence-electron chi connectivity index (χ3n) is 3.94. The smallest absolute Gasteiger partial charge is 0.228 e. The molecule has 2 N–H and O–H groups in total. The molecule has 0 radical (unpaired) electrons. The SMILES string of the molecule is NCCC(=O)N1CCN(CC2CC2)c2ccccc21.